The Morgan fingerprint density at radius 3 is 2.22 bits per heavy atom. The Bertz CT molecular complexity index is 1420. The normalized spacial score (nSPS) is 16.9. The minimum atomic E-state index is -0.306. The van der Waals surface area contributed by atoms with Crippen LogP contribution in [-0.4, -0.2) is 25.1 Å². The van der Waals surface area contributed by atoms with E-state index in [0.717, 1.165) is 51.1 Å². The minimum absolute atomic E-state index is 0.171. The van der Waals surface area contributed by atoms with Gasteiger partial charge in [-0.15, -0.1) is 0 Å². The zero-order valence-corrected chi connectivity index (χ0v) is 32.2. The second-order valence-corrected chi connectivity index (χ2v) is 24.1. The fourth-order valence-electron chi connectivity index (χ4n) is 6.46. The van der Waals surface area contributed by atoms with E-state index in [1.165, 1.54) is 85.3 Å². The summed E-state index contributed by atoms with van der Waals surface area (Å²) in [6, 6.07) is 27.1. The monoisotopic (exact) mass is 1080 g/mol. The van der Waals surface area contributed by atoms with E-state index in [1.54, 1.807) is 12.1 Å². The summed E-state index contributed by atoms with van der Waals surface area (Å²) in [5.41, 5.74) is 7.30. The number of allylic oxidation sites excluding steroid dienone is 1. The molecule has 0 aromatic heterocycles. The van der Waals surface area contributed by atoms with E-state index in [2.05, 4.69) is 74.2 Å². The zero-order valence-electron chi connectivity index (χ0n) is 26.9. The molecule has 0 bridgehead atoms. The molecule has 0 radical (unpaired) electrons. The van der Waals surface area contributed by atoms with Gasteiger partial charge in [0.15, 0.2) is 5.78 Å². The third-order valence-electron chi connectivity index (χ3n) is 9.10. The summed E-state index contributed by atoms with van der Waals surface area (Å²) in [7, 11) is 0. The fourth-order valence-corrected chi connectivity index (χ4v) is 18.1. The van der Waals surface area contributed by atoms with Crippen molar-refractivity contribution in [1.29, 1.82) is 0 Å². The first-order valence-electron chi connectivity index (χ1n) is 17.1. The van der Waals surface area contributed by atoms with E-state index in [4.69, 9.17) is 9.47 Å². The number of benzene rings is 3. The molecule has 5 rings (SSSR count). The number of fused-ring (bicyclic) bond motifs is 3. The third kappa shape index (κ3) is 8.92. The molecule has 3 aromatic rings. The maximum atomic E-state index is 11.3. The van der Waals surface area contributed by atoms with Crippen LogP contribution in [0.15, 0.2) is 73.3 Å². The molecular formula is C40H50Cf2O3. The van der Waals surface area contributed by atoms with Gasteiger partial charge in [-0.05, 0) is 12.5 Å². The molecule has 3 nitrogen and oxygen atoms in total. The van der Waals surface area contributed by atoms with Crippen molar-refractivity contribution >= 4 is 17.9 Å². The Hall–Kier alpha value is -5.17. The predicted octanol–water partition coefficient (Wildman–Crippen LogP) is 9.00. The van der Waals surface area contributed by atoms with Crippen molar-refractivity contribution in [2.45, 2.75) is 109 Å². The third-order valence-corrected chi connectivity index (χ3v) is 22.9. The van der Waals surface area contributed by atoms with Crippen molar-refractivity contribution in [2.75, 3.05) is 13.2 Å². The molecule has 0 spiro atoms. The second kappa shape index (κ2) is 16.1. The van der Waals surface area contributed by atoms with Gasteiger partial charge in [0, 0.05) is 6.42 Å². The number of hydrogen-bond donors (Lipinski definition) is 0. The number of unbranched alkanes of at least 4 members (excludes halogenated alkanes) is 6. The van der Waals surface area contributed by atoms with E-state index in [1.807, 2.05) is 0 Å². The summed E-state index contributed by atoms with van der Waals surface area (Å²) < 4.78 is 12.3. The van der Waals surface area contributed by atoms with Crippen molar-refractivity contribution in [2.24, 2.45) is 0 Å². The number of carbonyl (C=O) groups excluding carboxylic acids is 1. The number of ether oxygens (including phenoxy) is 2. The SMILES string of the molecule is C=CC(=O)CCCCCCCOC1CCC(c2cc[c]([Cf]=[Cf][c]3ccc4c(c3)Cc3cc(OCCCCC)ccc3-4)cc2)CC1. The Kier molecular flexibility index (Phi) is 11.2. The summed E-state index contributed by atoms with van der Waals surface area (Å²) in [4.78, 5) is 11.3. The molecule has 5 heteroatoms. The van der Waals surface area contributed by atoms with Gasteiger partial charge in [0.25, 0.3) is 0 Å². The van der Waals surface area contributed by atoms with Gasteiger partial charge in [0.2, 0.25) is 0 Å². The first kappa shape index (κ1) is 31.3. The molecule has 0 aliphatic heterocycles. The van der Waals surface area contributed by atoms with Gasteiger partial charge < -0.3 is 0 Å². The molecule has 3 aromatic carbocycles. The van der Waals surface area contributed by atoms with Crippen LogP contribution in [0.4, 0.5) is 0 Å². The van der Waals surface area contributed by atoms with Gasteiger partial charge in [0.1, 0.15) is 0 Å². The van der Waals surface area contributed by atoms with Crippen LogP contribution < -0.4 is 16.9 Å². The van der Waals surface area contributed by atoms with E-state index < -0.39 is 0 Å². The average Bonchev–Trinajstić information content (AvgIpc) is 3.44. The Balaban J connectivity index is 1.02. The molecule has 0 N–H and O–H groups in total. The molecule has 2 aliphatic rings. The van der Waals surface area contributed by atoms with Crippen LogP contribution in [0.1, 0.15) is 113 Å². The molecule has 2 aliphatic carbocycles. The second-order valence-electron chi connectivity index (χ2n) is 12.5. The topological polar surface area (TPSA) is 35.5 Å². The number of rotatable bonds is 18. The van der Waals surface area contributed by atoms with Crippen LogP contribution in [0.25, 0.3) is 11.1 Å². The van der Waals surface area contributed by atoms with Crippen LogP contribution in [-0.2, 0) is 16.0 Å². The average molecular weight is 1080 g/mol. The van der Waals surface area contributed by atoms with Gasteiger partial charge in [-0.2, -0.15) is 0 Å². The van der Waals surface area contributed by atoms with Gasteiger partial charge in [-0.1, -0.05) is 26.3 Å². The van der Waals surface area contributed by atoms with Crippen LogP contribution in [0.5, 0.6) is 5.75 Å². The quantitative estimate of drug-likeness (QED) is 0.0738. The molecule has 1 fully saturated rings. The van der Waals surface area contributed by atoms with Gasteiger partial charge in [-0.3, -0.25) is 4.79 Å². The molecule has 0 saturated heterocycles. The molecule has 0 atom stereocenters. The van der Waals surface area contributed by atoms with Crippen LogP contribution in [0.2, 0.25) is 0 Å². The summed E-state index contributed by atoms with van der Waals surface area (Å²) in [6.45, 7) is 7.48. The Morgan fingerprint density at radius 2 is 1.44 bits per heavy atom. The van der Waals surface area contributed by atoms with E-state index in [0.29, 0.717) is 18.4 Å². The van der Waals surface area contributed by atoms with Gasteiger partial charge in [0.05, 0.1) is 0 Å². The van der Waals surface area contributed by atoms with Gasteiger partial charge in [-0.25, -0.2) is 0 Å². The molecule has 45 heavy (non-hydrogen) atoms. The predicted molar refractivity (Wildman–Crippen MR) is 179 cm³/mol. The summed E-state index contributed by atoms with van der Waals surface area (Å²) >= 11 is -0.599. The first-order chi connectivity index (χ1) is 22.1. The summed E-state index contributed by atoms with van der Waals surface area (Å²) in [6.07, 6.45) is 17.7. The van der Waals surface area contributed by atoms with Crippen LogP contribution in [0.3, 0.4) is 0 Å². The van der Waals surface area contributed by atoms with Crippen molar-refractivity contribution in [3.63, 3.8) is 0 Å². The Morgan fingerprint density at radius 1 is 0.778 bits per heavy atom. The van der Waals surface area contributed by atoms with E-state index >= 15 is 0 Å². The number of carbonyl (C=O) groups is 1. The molecule has 248 valence electrons. The van der Waals surface area contributed by atoms with Crippen molar-refractivity contribution in [3.8, 4) is 16.9 Å². The standard InChI is InChI=1S/C22H31O2.C18H19O.2Cf/c1-2-21(23)13-9-4-3-5-10-18-24-22-16-14-20(15-17-22)19-11-7-6-8-12-19;1-2-3-6-11-19-16-9-10-18-15(13-16)12-14-7-4-5-8-17(14)18;;/h2,7-8,11-12,20,22H,1,3-5,9-10,13-18H2;5,7-10,13H,2-3,6,11-12H2,1H3;;. The molecule has 0 amide bonds. The summed E-state index contributed by atoms with van der Waals surface area (Å²) in [5.74, 6) is 1.89. The fraction of sp³-hybridized carbons (Fsp3) is 0.475. The van der Waals surface area contributed by atoms with Crippen molar-refractivity contribution in [3.05, 3.63) is 90.0 Å². The first-order valence-corrected chi connectivity index (χ1v) is 28.3. The van der Waals surface area contributed by atoms with E-state index in [9.17, 15) is 4.79 Å². The number of ketones is 1. The molecule has 1 saturated carbocycles. The van der Waals surface area contributed by atoms with Crippen molar-refractivity contribution in [1.82, 2.24) is 0 Å². The number of hydrogen-bond acceptors (Lipinski definition) is 3. The molecule has 0 unspecified atom stereocenters. The summed E-state index contributed by atoms with van der Waals surface area (Å²) in [5, 5.41) is 0. The zero-order chi connectivity index (χ0) is 31.3. The maximum absolute atomic E-state index is 11.3. The van der Waals surface area contributed by atoms with Crippen LogP contribution >= 0.6 is 0 Å². The molecular weight excluding hydrogens is 1030 g/mol. The molecule has 0 heterocycles.